The first-order valence-electron chi connectivity index (χ1n) is 7.57. The zero-order valence-corrected chi connectivity index (χ0v) is 12.9. The molecule has 1 aromatic heterocycles. The Morgan fingerprint density at radius 1 is 0.920 bits per heavy atom. The number of rotatable bonds is 2. The van der Waals surface area contributed by atoms with Gasteiger partial charge >= 0.3 is 5.97 Å². The van der Waals surface area contributed by atoms with Crippen LogP contribution >= 0.6 is 0 Å². The van der Waals surface area contributed by atoms with Gasteiger partial charge in [-0.2, -0.15) is 0 Å². The molecule has 0 radical (unpaired) electrons. The SMILES string of the molecule is O=C(O)c1ccc(-c2oc3cc4ccccc4cc3c(=O)c2O)cc1. The summed E-state index contributed by atoms with van der Waals surface area (Å²) in [6.45, 7) is 0. The molecule has 0 fully saturated rings. The summed E-state index contributed by atoms with van der Waals surface area (Å²) in [5.41, 5.74) is 0.371. The molecular formula is C20H12O5. The van der Waals surface area contributed by atoms with Gasteiger partial charge in [0.05, 0.1) is 10.9 Å². The van der Waals surface area contributed by atoms with Crippen molar-refractivity contribution in [3.8, 4) is 17.1 Å². The van der Waals surface area contributed by atoms with Crippen LogP contribution in [0.2, 0.25) is 0 Å². The second-order valence-corrected chi connectivity index (χ2v) is 5.69. The monoisotopic (exact) mass is 332 g/mol. The van der Waals surface area contributed by atoms with Gasteiger partial charge in [-0.1, -0.05) is 36.4 Å². The van der Waals surface area contributed by atoms with E-state index in [-0.39, 0.29) is 11.3 Å². The fraction of sp³-hybridized carbons (Fsp3) is 0. The van der Waals surface area contributed by atoms with E-state index < -0.39 is 17.1 Å². The number of carboxylic acid groups (broad SMARTS) is 1. The first kappa shape index (κ1) is 15.0. The third kappa shape index (κ3) is 2.42. The van der Waals surface area contributed by atoms with Gasteiger partial charge in [-0.15, -0.1) is 0 Å². The Labute approximate surface area is 141 Å². The molecule has 5 heteroatoms. The maximum atomic E-state index is 12.5. The lowest BCUT2D eigenvalue weighted by atomic mass is 10.0. The van der Waals surface area contributed by atoms with Crippen LogP contribution in [0.1, 0.15) is 10.4 Å². The van der Waals surface area contributed by atoms with Crippen LogP contribution in [-0.4, -0.2) is 16.2 Å². The molecule has 0 unspecified atom stereocenters. The molecular weight excluding hydrogens is 320 g/mol. The summed E-state index contributed by atoms with van der Waals surface area (Å²) in [5.74, 6) is -1.53. The van der Waals surface area contributed by atoms with Crippen molar-refractivity contribution in [2.75, 3.05) is 0 Å². The normalized spacial score (nSPS) is 11.0. The van der Waals surface area contributed by atoms with Gasteiger partial charge in [0.15, 0.2) is 5.76 Å². The average Bonchev–Trinajstić information content (AvgIpc) is 2.63. The summed E-state index contributed by atoms with van der Waals surface area (Å²) in [7, 11) is 0. The van der Waals surface area contributed by atoms with Gasteiger partial charge in [0, 0.05) is 5.56 Å². The highest BCUT2D eigenvalue weighted by Gasteiger charge is 2.16. The van der Waals surface area contributed by atoms with Crippen molar-refractivity contribution in [2.24, 2.45) is 0 Å². The minimum absolute atomic E-state index is 0.0183. The second kappa shape index (κ2) is 5.49. The predicted molar refractivity (Wildman–Crippen MR) is 94.1 cm³/mol. The van der Waals surface area contributed by atoms with Crippen LogP contribution in [0.15, 0.2) is 69.9 Å². The standard InChI is InChI=1S/C20H12O5/c21-17-15-9-13-3-1-2-4-14(13)10-16(15)25-19(18(17)22)11-5-7-12(8-6-11)20(23)24/h1-10,22H,(H,23,24). The Morgan fingerprint density at radius 2 is 1.56 bits per heavy atom. The van der Waals surface area contributed by atoms with E-state index in [0.29, 0.717) is 16.5 Å². The lowest BCUT2D eigenvalue weighted by molar-refractivity contribution is 0.0697. The van der Waals surface area contributed by atoms with Gasteiger partial charge in [0.25, 0.3) is 0 Å². The molecule has 5 nitrogen and oxygen atoms in total. The summed E-state index contributed by atoms with van der Waals surface area (Å²) in [6, 6.07) is 16.7. The van der Waals surface area contributed by atoms with Gasteiger partial charge in [-0.05, 0) is 35.0 Å². The Bertz CT molecular complexity index is 1190. The predicted octanol–water partition coefficient (Wildman–Crippen LogP) is 4.02. The van der Waals surface area contributed by atoms with Crippen molar-refractivity contribution in [1.82, 2.24) is 0 Å². The van der Waals surface area contributed by atoms with Crippen molar-refractivity contribution >= 4 is 27.7 Å². The molecule has 1 heterocycles. The molecule has 3 aromatic carbocycles. The Balaban J connectivity index is 1.98. The zero-order valence-electron chi connectivity index (χ0n) is 12.9. The van der Waals surface area contributed by atoms with Gasteiger partial charge < -0.3 is 14.6 Å². The summed E-state index contributed by atoms with van der Waals surface area (Å²) >= 11 is 0. The lowest BCUT2D eigenvalue weighted by Crippen LogP contribution is -2.03. The van der Waals surface area contributed by atoms with Crippen molar-refractivity contribution in [3.63, 3.8) is 0 Å². The number of hydrogen-bond acceptors (Lipinski definition) is 4. The third-order valence-corrected chi connectivity index (χ3v) is 4.13. The summed E-state index contributed by atoms with van der Waals surface area (Å²) < 4.78 is 5.77. The van der Waals surface area contributed by atoms with Crippen molar-refractivity contribution < 1.29 is 19.4 Å². The highest BCUT2D eigenvalue weighted by Crippen LogP contribution is 2.31. The van der Waals surface area contributed by atoms with Crippen molar-refractivity contribution in [2.45, 2.75) is 0 Å². The Morgan fingerprint density at radius 3 is 2.20 bits per heavy atom. The molecule has 2 N–H and O–H groups in total. The van der Waals surface area contributed by atoms with Gasteiger partial charge in [-0.25, -0.2) is 4.79 Å². The van der Waals surface area contributed by atoms with Gasteiger partial charge in [0.2, 0.25) is 11.2 Å². The third-order valence-electron chi connectivity index (χ3n) is 4.13. The average molecular weight is 332 g/mol. The highest BCUT2D eigenvalue weighted by molar-refractivity contribution is 5.96. The molecule has 4 aromatic rings. The molecule has 0 amide bonds. The summed E-state index contributed by atoms with van der Waals surface area (Å²) in [6.07, 6.45) is 0. The van der Waals surface area contributed by atoms with E-state index in [2.05, 4.69) is 0 Å². The van der Waals surface area contributed by atoms with E-state index in [1.54, 1.807) is 12.1 Å². The fourth-order valence-electron chi connectivity index (χ4n) is 2.83. The number of aromatic carboxylic acids is 1. The summed E-state index contributed by atoms with van der Waals surface area (Å²) in [4.78, 5) is 23.5. The molecule has 0 aliphatic heterocycles. The fourth-order valence-corrected chi connectivity index (χ4v) is 2.83. The van der Waals surface area contributed by atoms with Gasteiger partial charge in [0.1, 0.15) is 5.58 Å². The van der Waals surface area contributed by atoms with E-state index in [4.69, 9.17) is 9.52 Å². The number of benzene rings is 3. The van der Waals surface area contributed by atoms with Crippen LogP contribution in [-0.2, 0) is 0 Å². The van der Waals surface area contributed by atoms with Gasteiger partial charge in [-0.3, -0.25) is 4.79 Å². The molecule has 0 aliphatic carbocycles. The van der Waals surface area contributed by atoms with Crippen LogP contribution < -0.4 is 5.43 Å². The number of carboxylic acids is 1. The maximum Gasteiger partial charge on any atom is 0.335 e. The summed E-state index contributed by atoms with van der Waals surface area (Å²) in [5, 5.41) is 21.3. The number of hydrogen-bond donors (Lipinski definition) is 2. The van der Waals surface area contributed by atoms with E-state index >= 15 is 0 Å². The van der Waals surface area contributed by atoms with Crippen molar-refractivity contribution in [3.05, 3.63) is 76.5 Å². The van der Waals surface area contributed by atoms with Crippen LogP contribution in [0.25, 0.3) is 33.1 Å². The molecule has 4 rings (SSSR count). The topological polar surface area (TPSA) is 87.7 Å². The molecule has 0 bridgehead atoms. The molecule has 0 saturated carbocycles. The number of fused-ring (bicyclic) bond motifs is 2. The van der Waals surface area contributed by atoms with Crippen LogP contribution in [0.3, 0.4) is 0 Å². The van der Waals surface area contributed by atoms with E-state index in [1.165, 1.54) is 24.3 Å². The largest absolute Gasteiger partial charge is 0.502 e. The number of aromatic hydroxyl groups is 1. The Hall–Kier alpha value is -3.60. The van der Waals surface area contributed by atoms with Crippen LogP contribution in [0, 0.1) is 0 Å². The maximum absolute atomic E-state index is 12.5. The molecule has 0 aliphatic rings. The molecule has 0 saturated heterocycles. The second-order valence-electron chi connectivity index (χ2n) is 5.69. The van der Waals surface area contributed by atoms with Crippen LogP contribution in [0.5, 0.6) is 5.75 Å². The molecule has 0 atom stereocenters. The lowest BCUT2D eigenvalue weighted by Gasteiger charge is -2.07. The van der Waals surface area contributed by atoms with Crippen molar-refractivity contribution in [1.29, 1.82) is 0 Å². The van der Waals surface area contributed by atoms with E-state index in [0.717, 1.165) is 10.8 Å². The smallest absolute Gasteiger partial charge is 0.335 e. The van der Waals surface area contributed by atoms with Crippen LogP contribution in [0.4, 0.5) is 0 Å². The highest BCUT2D eigenvalue weighted by atomic mass is 16.4. The molecule has 0 spiro atoms. The molecule has 122 valence electrons. The number of carbonyl (C=O) groups is 1. The van der Waals surface area contributed by atoms with E-state index in [9.17, 15) is 14.7 Å². The quantitative estimate of drug-likeness (QED) is 0.541. The first-order valence-corrected chi connectivity index (χ1v) is 7.57. The zero-order chi connectivity index (χ0) is 17.6. The minimum Gasteiger partial charge on any atom is -0.502 e. The first-order chi connectivity index (χ1) is 12.0. The van der Waals surface area contributed by atoms with E-state index in [1.807, 2.05) is 24.3 Å². The molecule has 25 heavy (non-hydrogen) atoms. The minimum atomic E-state index is -1.05. The Kier molecular flexibility index (Phi) is 3.28.